The third kappa shape index (κ3) is 2.67. The lowest BCUT2D eigenvalue weighted by molar-refractivity contribution is -0.131. The molecule has 14 heavy (non-hydrogen) atoms. The molecule has 4 atom stereocenters. The average Bonchev–Trinajstić information content (AvgIpc) is 2.20. The minimum Gasteiger partial charge on any atom is -0.394 e. The zero-order valence-corrected chi connectivity index (χ0v) is 8.98. The molecule has 0 spiro atoms. The Hall–Kier alpha value is -0.160. The Balaban J connectivity index is 2.52. The van der Waals surface area contributed by atoms with E-state index in [1.165, 1.54) is 0 Å². The van der Waals surface area contributed by atoms with Crippen molar-refractivity contribution >= 4 is 0 Å². The largest absolute Gasteiger partial charge is 0.394 e. The van der Waals surface area contributed by atoms with Crippen molar-refractivity contribution in [3.63, 3.8) is 0 Å². The molecule has 0 aromatic carbocycles. The summed E-state index contributed by atoms with van der Waals surface area (Å²) in [4.78, 5) is 0. The first-order chi connectivity index (χ1) is 6.72. The topological polar surface area (TPSA) is 64.7 Å². The van der Waals surface area contributed by atoms with Crippen LogP contribution in [0.4, 0.5) is 0 Å². The predicted octanol–water partition coefficient (Wildman–Crippen LogP) is 0.136. The van der Waals surface area contributed by atoms with Crippen LogP contribution in [0.5, 0.6) is 0 Å². The van der Waals surface area contributed by atoms with Gasteiger partial charge in [0.1, 0.15) is 0 Å². The maximum atomic E-state index is 9.16. The number of nitrogens with two attached hydrogens (primary N) is 1. The van der Waals surface area contributed by atoms with E-state index in [1.807, 2.05) is 0 Å². The van der Waals surface area contributed by atoms with E-state index in [4.69, 9.17) is 20.3 Å². The maximum absolute atomic E-state index is 9.16. The molecule has 84 valence electrons. The van der Waals surface area contributed by atoms with E-state index in [0.717, 1.165) is 12.8 Å². The second-order valence-electron chi connectivity index (χ2n) is 3.92. The molecule has 1 aliphatic heterocycles. The van der Waals surface area contributed by atoms with Crippen LogP contribution in [0.3, 0.4) is 0 Å². The monoisotopic (exact) mass is 203 g/mol. The lowest BCUT2D eigenvalue weighted by Gasteiger charge is -2.39. The van der Waals surface area contributed by atoms with Crippen LogP contribution in [-0.2, 0) is 9.47 Å². The summed E-state index contributed by atoms with van der Waals surface area (Å²) in [5.41, 5.74) is 5.96. The molecule has 3 N–H and O–H groups in total. The zero-order valence-electron chi connectivity index (χ0n) is 8.98. The summed E-state index contributed by atoms with van der Waals surface area (Å²) >= 11 is 0. The molecule has 1 rings (SSSR count). The van der Waals surface area contributed by atoms with E-state index < -0.39 is 0 Å². The average molecular weight is 203 g/mol. The molecule has 4 heteroatoms. The van der Waals surface area contributed by atoms with Gasteiger partial charge in [-0.3, -0.25) is 0 Å². The number of rotatable bonds is 4. The first-order valence-electron chi connectivity index (χ1n) is 5.23. The van der Waals surface area contributed by atoms with Crippen molar-refractivity contribution in [2.24, 2.45) is 11.7 Å². The lowest BCUT2D eigenvalue weighted by Crippen LogP contribution is -2.51. The van der Waals surface area contributed by atoms with Crippen LogP contribution in [0.15, 0.2) is 0 Å². The second-order valence-corrected chi connectivity index (χ2v) is 3.92. The molecular weight excluding hydrogens is 182 g/mol. The van der Waals surface area contributed by atoms with Crippen molar-refractivity contribution in [2.75, 3.05) is 20.3 Å². The quantitative estimate of drug-likeness (QED) is 0.682. The summed E-state index contributed by atoms with van der Waals surface area (Å²) < 4.78 is 10.7. The van der Waals surface area contributed by atoms with Gasteiger partial charge in [-0.05, 0) is 12.3 Å². The summed E-state index contributed by atoms with van der Waals surface area (Å²) in [6, 6.07) is 0.0303. The number of ether oxygens (including phenoxy) is 2. The summed E-state index contributed by atoms with van der Waals surface area (Å²) in [6.45, 7) is 2.68. The van der Waals surface area contributed by atoms with Gasteiger partial charge in [0.2, 0.25) is 0 Å². The van der Waals surface area contributed by atoms with Crippen LogP contribution < -0.4 is 5.73 Å². The Labute approximate surface area is 85.4 Å². The fraction of sp³-hybridized carbons (Fsp3) is 1.00. The molecule has 0 saturated carbocycles. The van der Waals surface area contributed by atoms with Gasteiger partial charge in [-0.15, -0.1) is 0 Å². The minimum atomic E-state index is -0.0695. The van der Waals surface area contributed by atoms with Gasteiger partial charge in [-0.1, -0.05) is 13.3 Å². The van der Waals surface area contributed by atoms with Crippen molar-refractivity contribution in [1.82, 2.24) is 0 Å². The van der Waals surface area contributed by atoms with Crippen molar-refractivity contribution in [3.8, 4) is 0 Å². The lowest BCUT2D eigenvalue weighted by atomic mass is 9.87. The zero-order chi connectivity index (χ0) is 10.6. The Morgan fingerprint density at radius 2 is 2.21 bits per heavy atom. The molecule has 4 nitrogen and oxygen atoms in total. The van der Waals surface area contributed by atoms with Crippen LogP contribution in [0.25, 0.3) is 0 Å². The third-order valence-corrected chi connectivity index (χ3v) is 2.96. The summed E-state index contributed by atoms with van der Waals surface area (Å²) in [5, 5.41) is 9.16. The molecule has 0 aliphatic carbocycles. The van der Waals surface area contributed by atoms with E-state index in [-0.39, 0.29) is 24.9 Å². The highest BCUT2D eigenvalue weighted by molar-refractivity contribution is 4.86. The molecular formula is C10H21NO3. The van der Waals surface area contributed by atoms with Gasteiger partial charge in [0, 0.05) is 13.2 Å². The third-order valence-electron chi connectivity index (χ3n) is 2.96. The van der Waals surface area contributed by atoms with Crippen LogP contribution in [-0.4, -0.2) is 43.7 Å². The van der Waals surface area contributed by atoms with E-state index in [9.17, 15) is 0 Å². The molecule has 0 aromatic rings. The van der Waals surface area contributed by atoms with E-state index in [1.54, 1.807) is 7.11 Å². The van der Waals surface area contributed by atoms with Crippen LogP contribution in [0.1, 0.15) is 19.8 Å². The van der Waals surface area contributed by atoms with Crippen LogP contribution in [0.2, 0.25) is 0 Å². The van der Waals surface area contributed by atoms with Crippen molar-refractivity contribution < 1.29 is 14.6 Å². The fourth-order valence-electron chi connectivity index (χ4n) is 2.04. The Morgan fingerprint density at radius 1 is 1.50 bits per heavy atom. The highest BCUT2D eigenvalue weighted by Gasteiger charge is 2.34. The summed E-state index contributed by atoms with van der Waals surface area (Å²) in [6.07, 6.45) is 1.77. The molecule has 0 radical (unpaired) electrons. The van der Waals surface area contributed by atoms with Gasteiger partial charge >= 0.3 is 0 Å². The first-order valence-corrected chi connectivity index (χ1v) is 5.23. The predicted molar refractivity (Wildman–Crippen MR) is 54.0 cm³/mol. The van der Waals surface area contributed by atoms with Gasteiger partial charge in [-0.25, -0.2) is 0 Å². The summed E-state index contributed by atoms with van der Waals surface area (Å²) in [7, 11) is 1.63. The Bertz CT molecular complexity index is 165. The molecule has 1 aliphatic rings. The molecule has 0 bridgehead atoms. The van der Waals surface area contributed by atoms with E-state index in [2.05, 4.69) is 6.92 Å². The van der Waals surface area contributed by atoms with Crippen LogP contribution >= 0.6 is 0 Å². The van der Waals surface area contributed by atoms with Crippen molar-refractivity contribution in [1.29, 1.82) is 0 Å². The molecule has 4 unspecified atom stereocenters. The molecule has 0 amide bonds. The Morgan fingerprint density at radius 3 is 2.71 bits per heavy atom. The fourth-order valence-corrected chi connectivity index (χ4v) is 2.04. The van der Waals surface area contributed by atoms with Crippen molar-refractivity contribution in [3.05, 3.63) is 0 Å². The summed E-state index contributed by atoms with van der Waals surface area (Å²) in [5.74, 6) is 0.378. The highest BCUT2D eigenvalue weighted by Crippen LogP contribution is 2.26. The highest BCUT2D eigenvalue weighted by atomic mass is 16.5. The normalized spacial score (nSPS) is 38.6. The maximum Gasteiger partial charge on any atom is 0.0963 e. The second kappa shape index (κ2) is 5.66. The standard InChI is InChI=1S/C10H21NO3/c1-3-7-4-8(11)10(6-13-2)14-9(7)5-12/h7-10,12H,3-6,11H2,1-2H3. The molecule has 1 fully saturated rings. The number of aliphatic hydroxyl groups excluding tert-OH is 1. The van der Waals surface area contributed by atoms with Gasteiger partial charge in [0.15, 0.2) is 0 Å². The van der Waals surface area contributed by atoms with E-state index >= 15 is 0 Å². The van der Waals surface area contributed by atoms with Gasteiger partial charge in [0.05, 0.1) is 25.4 Å². The molecule has 0 aromatic heterocycles. The molecule has 1 heterocycles. The van der Waals surface area contributed by atoms with Crippen LogP contribution in [0, 0.1) is 5.92 Å². The van der Waals surface area contributed by atoms with Gasteiger partial charge in [-0.2, -0.15) is 0 Å². The van der Waals surface area contributed by atoms with E-state index in [0.29, 0.717) is 12.5 Å². The minimum absolute atomic E-state index is 0.0303. The number of methoxy groups -OCH3 is 1. The number of hydrogen-bond acceptors (Lipinski definition) is 4. The Kier molecular flexibility index (Phi) is 4.81. The smallest absolute Gasteiger partial charge is 0.0963 e. The number of aliphatic hydroxyl groups is 1. The molecule has 1 saturated heterocycles. The van der Waals surface area contributed by atoms with Gasteiger partial charge in [0.25, 0.3) is 0 Å². The SMILES string of the molecule is CCC1CC(N)C(COC)OC1CO. The first kappa shape index (κ1) is 11.9. The van der Waals surface area contributed by atoms with Gasteiger partial charge < -0.3 is 20.3 Å². The number of hydrogen-bond donors (Lipinski definition) is 2. The van der Waals surface area contributed by atoms with Crippen molar-refractivity contribution in [2.45, 2.75) is 38.0 Å².